The van der Waals surface area contributed by atoms with E-state index in [0.29, 0.717) is 17.8 Å². The van der Waals surface area contributed by atoms with Crippen molar-refractivity contribution in [1.29, 1.82) is 0 Å². The first-order chi connectivity index (χ1) is 10.5. The highest BCUT2D eigenvalue weighted by atomic mass is 35.5. The quantitative estimate of drug-likeness (QED) is 0.584. The topological polar surface area (TPSA) is 58.2 Å². The average molecular weight is 319 g/mol. The molecule has 0 atom stereocenters. The Kier molecular flexibility index (Phi) is 7.13. The van der Waals surface area contributed by atoms with E-state index >= 15 is 0 Å². The first-order valence-electron chi connectivity index (χ1n) is 6.87. The fraction of sp³-hybridized carbons (Fsp3) is 0.176. The van der Waals surface area contributed by atoms with Crippen molar-refractivity contribution in [1.82, 2.24) is 0 Å². The minimum atomic E-state index is -0.392. The van der Waals surface area contributed by atoms with Gasteiger partial charge in [-0.05, 0) is 30.7 Å². The molecule has 0 fully saturated rings. The lowest BCUT2D eigenvalue weighted by Crippen LogP contribution is -2.15. The van der Waals surface area contributed by atoms with Crippen LogP contribution >= 0.6 is 11.6 Å². The highest BCUT2D eigenvalue weighted by Crippen LogP contribution is 2.18. The fourth-order valence-electron chi connectivity index (χ4n) is 1.73. The van der Waals surface area contributed by atoms with Crippen molar-refractivity contribution in [3.8, 4) is 0 Å². The molecule has 116 valence electrons. The maximum absolute atomic E-state index is 12.1. The summed E-state index contributed by atoms with van der Waals surface area (Å²) in [6.45, 7) is 9.01. The van der Waals surface area contributed by atoms with Crippen LogP contribution < -0.4 is 10.6 Å². The van der Waals surface area contributed by atoms with Crippen LogP contribution in [0, 0.1) is 0 Å². The molecular weight excluding hydrogens is 300 g/mol. The van der Waals surface area contributed by atoms with E-state index in [1.165, 1.54) is 12.2 Å². The smallest absolute Gasteiger partial charge is 0.257 e. The summed E-state index contributed by atoms with van der Waals surface area (Å²) >= 11 is 5.90. The van der Waals surface area contributed by atoms with Crippen molar-refractivity contribution in [2.75, 3.05) is 10.6 Å². The monoisotopic (exact) mass is 318 g/mol. The number of carbonyl (C=O) groups is 2. The van der Waals surface area contributed by atoms with Gasteiger partial charge in [-0.1, -0.05) is 43.8 Å². The van der Waals surface area contributed by atoms with Gasteiger partial charge < -0.3 is 10.6 Å². The minimum Gasteiger partial charge on any atom is -0.326 e. The van der Waals surface area contributed by atoms with Crippen LogP contribution in [-0.4, -0.2) is 11.8 Å². The van der Waals surface area contributed by atoms with Gasteiger partial charge in [-0.2, -0.15) is 0 Å². The molecule has 2 N–H and O–H groups in total. The average Bonchev–Trinajstić information content (AvgIpc) is 2.48. The third-order valence-electron chi connectivity index (χ3n) is 2.77. The number of anilines is 2. The van der Waals surface area contributed by atoms with Gasteiger partial charge in [0.1, 0.15) is 0 Å². The van der Waals surface area contributed by atoms with Gasteiger partial charge in [-0.3, -0.25) is 9.59 Å². The molecule has 5 heteroatoms. The van der Waals surface area contributed by atoms with Gasteiger partial charge in [-0.15, -0.1) is 0 Å². The lowest BCUT2D eigenvalue weighted by molar-refractivity contribution is -0.116. The standard InChI is InChI=1S/C17H19ClN2O2/c1-4-8-16(21)19-12-9-7-10-13(11-12)20-17(22)14(5-2)15(18)6-3/h5-7,9-11H,2-4,8H2,1H3,(H,19,21)(H,20,22)/b15-14-. The molecule has 1 aromatic rings. The van der Waals surface area contributed by atoms with E-state index in [-0.39, 0.29) is 16.5 Å². The second kappa shape index (κ2) is 8.85. The summed E-state index contributed by atoms with van der Waals surface area (Å²) in [6.07, 6.45) is 3.97. The van der Waals surface area contributed by atoms with Crippen LogP contribution in [0.5, 0.6) is 0 Å². The summed E-state index contributed by atoms with van der Waals surface area (Å²) in [5, 5.41) is 5.69. The van der Waals surface area contributed by atoms with Crippen molar-refractivity contribution < 1.29 is 9.59 Å². The molecule has 0 saturated carbocycles. The van der Waals surface area contributed by atoms with Gasteiger partial charge in [0.25, 0.3) is 5.91 Å². The van der Waals surface area contributed by atoms with E-state index in [4.69, 9.17) is 11.6 Å². The van der Waals surface area contributed by atoms with E-state index in [2.05, 4.69) is 23.8 Å². The number of carbonyl (C=O) groups excluding carboxylic acids is 2. The molecule has 0 bridgehead atoms. The molecule has 0 saturated heterocycles. The maximum atomic E-state index is 12.1. The maximum Gasteiger partial charge on any atom is 0.257 e. The molecule has 0 aliphatic carbocycles. The van der Waals surface area contributed by atoms with Crippen LogP contribution in [0.25, 0.3) is 0 Å². The predicted molar refractivity (Wildman–Crippen MR) is 91.9 cm³/mol. The first-order valence-corrected chi connectivity index (χ1v) is 7.25. The number of benzene rings is 1. The van der Waals surface area contributed by atoms with Gasteiger partial charge >= 0.3 is 0 Å². The Morgan fingerprint density at radius 2 is 1.82 bits per heavy atom. The van der Waals surface area contributed by atoms with Crippen LogP contribution in [0.4, 0.5) is 11.4 Å². The number of hydrogen-bond donors (Lipinski definition) is 2. The van der Waals surface area contributed by atoms with Crippen LogP contribution in [0.15, 0.2) is 60.2 Å². The lowest BCUT2D eigenvalue weighted by Gasteiger charge is -2.09. The number of allylic oxidation sites excluding steroid dienone is 2. The first kappa shape index (κ1) is 17.7. The summed E-state index contributed by atoms with van der Waals surface area (Å²) < 4.78 is 0. The highest BCUT2D eigenvalue weighted by molar-refractivity contribution is 6.34. The molecule has 22 heavy (non-hydrogen) atoms. The van der Waals surface area contributed by atoms with E-state index in [9.17, 15) is 9.59 Å². The molecule has 0 aliphatic heterocycles. The van der Waals surface area contributed by atoms with Crippen LogP contribution in [0.1, 0.15) is 19.8 Å². The number of nitrogens with one attached hydrogen (secondary N) is 2. The molecule has 0 unspecified atom stereocenters. The van der Waals surface area contributed by atoms with Gasteiger partial charge in [-0.25, -0.2) is 0 Å². The largest absolute Gasteiger partial charge is 0.326 e. The van der Waals surface area contributed by atoms with E-state index in [1.54, 1.807) is 24.3 Å². The summed E-state index contributed by atoms with van der Waals surface area (Å²) in [5.41, 5.74) is 1.40. The number of amides is 2. The van der Waals surface area contributed by atoms with Gasteiger partial charge in [0, 0.05) is 17.8 Å². The minimum absolute atomic E-state index is 0.0626. The van der Waals surface area contributed by atoms with E-state index in [1.807, 2.05) is 6.92 Å². The van der Waals surface area contributed by atoms with Crippen LogP contribution in [0.2, 0.25) is 0 Å². The Bertz CT molecular complexity index is 621. The molecule has 4 nitrogen and oxygen atoms in total. The molecule has 0 heterocycles. The zero-order valence-corrected chi connectivity index (χ0v) is 13.2. The number of rotatable bonds is 7. The van der Waals surface area contributed by atoms with Crippen molar-refractivity contribution in [3.63, 3.8) is 0 Å². The summed E-state index contributed by atoms with van der Waals surface area (Å²) in [6, 6.07) is 6.89. The van der Waals surface area contributed by atoms with Crippen molar-refractivity contribution in [3.05, 3.63) is 60.2 Å². The predicted octanol–water partition coefficient (Wildman–Crippen LogP) is 4.23. The van der Waals surface area contributed by atoms with Gasteiger partial charge in [0.15, 0.2) is 0 Å². The Balaban J connectivity index is 2.86. The second-order valence-corrected chi connectivity index (χ2v) is 4.91. The summed E-state index contributed by atoms with van der Waals surface area (Å²) in [7, 11) is 0. The molecule has 0 spiro atoms. The zero-order valence-electron chi connectivity index (χ0n) is 12.5. The van der Waals surface area contributed by atoms with Crippen LogP contribution in [0.3, 0.4) is 0 Å². The Hall–Kier alpha value is -2.33. The molecule has 2 amide bonds. The van der Waals surface area contributed by atoms with Crippen molar-refractivity contribution >= 4 is 34.8 Å². The highest BCUT2D eigenvalue weighted by Gasteiger charge is 2.10. The third kappa shape index (κ3) is 5.22. The molecule has 0 radical (unpaired) electrons. The normalized spacial score (nSPS) is 11.2. The van der Waals surface area contributed by atoms with Crippen LogP contribution in [-0.2, 0) is 9.59 Å². The SMILES string of the molecule is C=C/C(Cl)=C(\C=C)C(=O)Nc1cccc(NC(=O)CCC)c1. The number of hydrogen-bond acceptors (Lipinski definition) is 2. The molecule has 0 aromatic heterocycles. The molecular formula is C17H19ClN2O2. The van der Waals surface area contributed by atoms with Crippen molar-refractivity contribution in [2.45, 2.75) is 19.8 Å². The fourth-order valence-corrected chi connectivity index (χ4v) is 1.90. The third-order valence-corrected chi connectivity index (χ3v) is 3.12. The summed E-state index contributed by atoms with van der Waals surface area (Å²) in [5.74, 6) is -0.454. The summed E-state index contributed by atoms with van der Waals surface area (Å²) in [4.78, 5) is 23.7. The molecule has 1 rings (SSSR count). The number of halogens is 1. The van der Waals surface area contributed by atoms with Gasteiger partial charge in [0.05, 0.1) is 10.6 Å². The Labute approximate surface area is 135 Å². The Morgan fingerprint density at radius 3 is 2.36 bits per heavy atom. The lowest BCUT2D eigenvalue weighted by atomic mass is 10.2. The zero-order chi connectivity index (χ0) is 16.5. The molecule has 1 aromatic carbocycles. The van der Waals surface area contributed by atoms with Crippen molar-refractivity contribution in [2.24, 2.45) is 0 Å². The van der Waals surface area contributed by atoms with Gasteiger partial charge in [0.2, 0.25) is 5.91 Å². The second-order valence-electron chi connectivity index (χ2n) is 4.50. The Morgan fingerprint density at radius 1 is 1.18 bits per heavy atom. The van der Waals surface area contributed by atoms with E-state index in [0.717, 1.165) is 6.42 Å². The molecule has 0 aliphatic rings. The van der Waals surface area contributed by atoms with E-state index < -0.39 is 5.91 Å².